The van der Waals surface area contributed by atoms with Crippen molar-refractivity contribution in [2.75, 3.05) is 11.5 Å². The molecular weight excluding hydrogens is 244 g/mol. The maximum atomic E-state index is 5.36. The lowest BCUT2D eigenvalue weighted by atomic mass is 10.3. The van der Waals surface area contributed by atoms with Crippen molar-refractivity contribution in [3.63, 3.8) is 0 Å². The van der Waals surface area contributed by atoms with E-state index in [0.29, 0.717) is 0 Å². The van der Waals surface area contributed by atoms with Crippen LogP contribution in [0.1, 0.15) is 0 Å². The second kappa shape index (κ2) is 10.2. The maximum Gasteiger partial charge on any atom is 0.0313 e. The van der Waals surface area contributed by atoms with E-state index in [1.54, 1.807) is 0 Å². The molecule has 0 bridgehead atoms. The van der Waals surface area contributed by atoms with E-state index in [4.69, 9.17) is 11.5 Å². The Labute approximate surface area is 120 Å². The van der Waals surface area contributed by atoms with Gasteiger partial charge in [0.15, 0.2) is 0 Å². The van der Waals surface area contributed by atoms with Crippen LogP contribution in [0.25, 0.3) is 0 Å². The first kappa shape index (κ1) is 15.3. The van der Waals surface area contributed by atoms with Crippen molar-refractivity contribution in [2.24, 2.45) is 0 Å². The molecule has 3 aromatic rings. The van der Waals surface area contributed by atoms with E-state index >= 15 is 0 Å². The summed E-state index contributed by atoms with van der Waals surface area (Å²) in [6.07, 6.45) is 0. The average Bonchev–Trinajstić information content (AvgIpc) is 2.52. The molecule has 0 unspecified atom stereocenters. The predicted molar refractivity (Wildman–Crippen MR) is 88.2 cm³/mol. The predicted octanol–water partition coefficient (Wildman–Crippen LogP) is 4.22. The Kier molecular flexibility index (Phi) is 7.82. The zero-order chi connectivity index (χ0) is 14.5. The molecule has 0 aromatic heterocycles. The lowest BCUT2D eigenvalue weighted by Crippen LogP contribution is -1.79. The summed E-state index contributed by atoms with van der Waals surface area (Å²) in [5.74, 6) is 0. The number of hydrogen-bond donors (Lipinski definition) is 2. The standard InChI is InChI=1S/2C6H7N.C6H6/c2*7-6-4-2-1-3-5-6;1-2-4-6-5-3-1/h2*1-5H,7H2;1-6H. The number of hydrogen-bond acceptors (Lipinski definition) is 2. The minimum absolute atomic E-state index is 0.822. The van der Waals surface area contributed by atoms with Crippen LogP contribution in [0.2, 0.25) is 0 Å². The Morgan fingerprint density at radius 2 is 0.550 bits per heavy atom. The highest BCUT2D eigenvalue weighted by atomic mass is 14.5. The monoisotopic (exact) mass is 264 g/mol. The number of nitrogen functional groups attached to an aromatic ring is 2. The topological polar surface area (TPSA) is 52.0 Å². The van der Waals surface area contributed by atoms with E-state index in [9.17, 15) is 0 Å². The minimum Gasteiger partial charge on any atom is -0.399 e. The molecule has 0 spiro atoms. The number of para-hydroxylation sites is 2. The number of nitrogens with two attached hydrogens (primary N) is 2. The molecule has 0 atom stereocenters. The lowest BCUT2D eigenvalue weighted by Gasteiger charge is -1.83. The van der Waals surface area contributed by atoms with Gasteiger partial charge in [-0.05, 0) is 24.3 Å². The first-order valence-corrected chi connectivity index (χ1v) is 6.40. The lowest BCUT2D eigenvalue weighted by molar-refractivity contribution is 1.69. The first-order chi connectivity index (χ1) is 9.79. The van der Waals surface area contributed by atoms with Crippen LogP contribution in [0.3, 0.4) is 0 Å². The molecule has 2 heteroatoms. The van der Waals surface area contributed by atoms with Crippen LogP contribution in [0.5, 0.6) is 0 Å². The molecule has 0 heterocycles. The Hall–Kier alpha value is -2.74. The summed E-state index contributed by atoms with van der Waals surface area (Å²) < 4.78 is 0. The van der Waals surface area contributed by atoms with E-state index in [-0.39, 0.29) is 0 Å². The van der Waals surface area contributed by atoms with Crippen molar-refractivity contribution in [1.82, 2.24) is 0 Å². The summed E-state index contributed by atoms with van der Waals surface area (Å²) >= 11 is 0. The van der Waals surface area contributed by atoms with Crippen molar-refractivity contribution in [3.8, 4) is 0 Å². The summed E-state index contributed by atoms with van der Waals surface area (Å²) in [6, 6.07) is 31.0. The molecule has 2 nitrogen and oxygen atoms in total. The van der Waals surface area contributed by atoms with Crippen LogP contribution in [0.4, 0.5) is 11.4 Å². The van der Waals surface area contributed by atoms with Crippen LogP contribution in [0, 0.1) is 0 Å². The zero-order valence-electron chi connectivity index (χ0n) is 11.4. The smallest absolute Gasteiger partial charge is 0.0313 e. The third kappa shape index (κ3) is 8.37. The van der Waals surface area contributed by atoms with Gasteiger partial charge >= 0.3 is 0 Å². The molecule has 0 aliphatic carbocycles. The molecule has 0 aliphatic heterocycles. The SMILES string of the molecule is Nc1ccccc1.Nc1ccccc1.c1ccccc1. The van der Waals surface area contributed by atoms with Gasteiger partial charge in [0.1, 0.15) is 0 Å². The molecule has 0 radical (unpaired) electrons. The summed E-state index contributed by atoms with van der Waals surface area (Å²) in [6.45, 7) is 0. The highest BCUT2D eigenvalue weighted by Crippen LogP contribution is 1.96. The van der Waals surface area contributed by atoms with Gasteiger partial charge in [-0.1, -0.05) is 72.8 Å². The highest BCUT2D eigenvalue weighted by Gasteiger charge is 1.72. The summed E-state index contributed by atoms with van der Waals surface area (Å²) in [5, 5.41) is 0. The van der Waals surface area contributed by atoms with Crippen LogP contribution >= 0.6 is 0 Å². The normalized spacial score (nSPS) is 8.40. The third-order valence-corrected chi connectivity index (χ3v) is 2.27. The average molecular weight is 264 g/mol. The Morgan fingerprint density at radius 3 is 0.700 bits per heavy atom. The summed E-state index contributed by atoms with van der Waals surface area (Å²) in [7, 11) is 0. The molecule has 0 saturated heterocycles. The van der Waals surface area contributed by atoms with Gasteiger partial charge in [0, 0.05) is 11.4 Å². The van der Waals surface area contributed by atoms with Crippen molar-refractivity contribution < 1.29 is 0 Å². The van der Waals surface area contributed by atoms with Crippen LogP contribution in [-0.2, 0) is 0 Å². The van der Waals surface area contributed by atoms with Gasteiger partial charge in [-0.25, -0.2) is 0 Å². The number of anilines is 2. The first-order valence-electron chi connectivity index (χ1n) is 6.40. The van der Waals surface area contributed by atoms with E-state index in [0.717, 1.165) is 11.4 Å². The van der Waals surface area contributed by atoms with E-state index < -0.39 is 0 Å². The molecule has 4 N–H and O–H groups in total. The molecule has 0 aliphatic rings. The zero-order valence-corrected chi connectivity index (χ0v) is 11.4. The molecule has 102 valence electrons. The summed E-state index contributed by atoms with van der Waals surface area (Å²) in [4.78, 5) is 0. The number of rotatable bonds is 0. The number of benzene rings is 3. The largest absolute Gasteiger partial charge is 0.399 e. The van der Waals surface area contributed by atoms with Gasteiger partial charge in [0.05, 0.1) is 0 Å². The third-order valence-electron chi connectivity index (χ3n) is 2.27. The van der Waals surface area contributed by atoms with Crippen molar-refractivity contribution in [2.45, 2.75) is 0 Å². The molecule has 0 fully saturated rings. The molecule has 3 rings (SSSR count). The Balaban J connectivity index is 0.000000151. The second-order valence-electron chi connectivity index (χ2n) is 3.98. The van der Waals surface area contributed by atoms with E-state index in [1.165, 1.54) is 0 Å². The summed E-state index contributed by atoms with van der Waals surface area (Å²) in [5.41, 5.74) is 12.4. The fraction of sp³-hybridized carbons (Fsp3) is 0. The van der Waals surface area contributed by atoms with Crippen molar-refractivity contribution in [1.29, 1.82) is 0 Å². The van der Waals surface area contributed by atoms with Gasteiger partial charge in [0.2, 0.25) is 0 Å². The van der Waals surface area contributed by atoms with Crippen LogP contribution in [0.15, 0.2) is 97.1 Å². The van der Waals surface area contributed by atoms with Gasteiger partial charge < -0.3 is 11.5 Å². The quantitative estimate of drug-likeness (QED) is 0.597. The highest BCUT2D eigenvalue weighted by molar-refractivity contribution is 5.36. The minimum atomic E-state index is 0.822. The molecule has 3 aromatic carbocycles. The molecular formula is C18H20N2. The molecule has 20 heavy (non-hydrogen) atoms. The fourth-order valence-corrected chi connectivity index (χ4v) is 1.29. The van der Waals surface area contributed by atoms with Crippen molar-refractivity contribution in [3.05, 3.63) is 97.1 Å². The van der Waals surface area contributed by atoms with Crippen LogP contribution in [-0.4, -0.2) is 0 Å². The van der Waals surface area contributed by atoms with Crippen molar-refractivity contribution >= 4 is 11.4 Å². The Morgan fingerprint density at radius 1 is 0.350 bits per heavy atom. The fourth-order valence-electron chi connectivity index (χ4n) is 1.29. The van der Waals surface area contributed by atoms with Crippen LogP contribution < -0.4 is 11.5 Å². The Bertz CT molecular complexity index is 472. The van der Waals surface area contributed by atoms with Gasteiger partial charge in [0.25, 0.3) is 0 Å². The molecule has 0 saturated carbocycles. The van der Waals surface area contributed by atoms with Gasteiger partial charge in [-0.2, -0.15) is 0 Å². The van der Waals surface area contributed by atoms with Gasteiger partial charge in [-0.3, -0.25) is 0 Å². The molecule has 0 amide bonds. The maximum absolute atomic E-state index is 5.36. The van der Waals surface area contributed by atoms with E-state index in [1.807, 2.05) is 97.1 Å². The van der Waals surface area contributed by atoms with E-state index in [2.05, 4.69) is 0 Å². The second-order valence-corrected chi connectivity index (χ2v) is 3.98. The van der Waals surface area contributed by atoms with Gasteiger partial charge in [-0.15, -0.1) is 0 Å².